The lowest BCUT2D eigenvalue weighted by Crippen LogP contribution is -2.24. The number of nitrogens with zero attached hydrogens (tertiary/aromatic N) is 2. The minimum absolute atomic E-state index is 0.170. The van der Waals surface area contributed by atoms with Crippen LogP contribution in [-0.2, 0) is 10.8 Å². The lowest BCUT2D eigenvalue weighted by Gasteiger charge is -2.15. The number of anilines is 1. The van der Waals surface area contributed by atoms with Gasteiger partial charge in [-0.3, -0.25) is 19.1 Å². The van der Waals surface area contributed by atoms with E-state index in [1.54, 1.807) is 27.3 Å². The minimum Gasteiger partial charge on any atom is -0.376 e. The fourth-order valence-electron chi connectivity index (χ4n) is 1.86. The Balaban J connectivity index is 3.08. The summed E-state index contributed by atoms with van der Waals surface area (Å²) in [5.41, 5.74) is 0.397. The maximum atomic E-state index is 11.8. The van der Waals surface area contributed by atoms with Crippen LogP contribution in [0, 0.1) is 10.1 Å². The SMILES string of the molecule is CC(CS(C)=O)Nc1ccc(C(=O)N(C)C)cc1[N+](=O)[O-]. The van der Waals surface area contributed by atoms with E-state index in [1.807, 2.05) is 0 Å². The van der Waals surface area contributed by atoms with Crippen LogP contribution in [0.4, 0.5) is 11.4 Å². The molecule has 0 heterocycles. The van der Waals surface area contributed by atoms with E-state index < -0.39 is 15.7 Å². The van der Waals surface area contributed by atoms with Crippen molar-refractivity contribution >= 4 is 28.1 Å². The Bertz CT molecular complexity index is 575. The Morgan fingerprint density at radius 2 is 2.10 bits per heavy atom. The summed E-state index contributed by atoms with van der Waals surface area (Å²) in [6.45, 7) is 1.80. The van der Waals surface area contributed by atoms with Crippen molar-refractivity contribution in [2.45, 2.75) is 13.0 Å². The predicted octanol–water partition coefficient (Wildman–Crippen LogP) is 1.48. The standard InChI is InChI=1S/C13H19N3O4S/c1-9(8-21(4)20)14-11-6-5-10(13(17)15(2)3)7-12(11)16(18)19/h5-7,9,14H,8H2,1-4H3. The third kappa shape index (κ3) is 4.82. The van der Waals surface area contributed by atoms with Crippen LogP contribution < -0.4 is 5.32 Å². The molecule has 0 aliphatic heterocycles. The first kappa shape index (κ1) is 17.1. The number of carbonyl (C=O) groups is 1. The highest BCUT2D eigenvalue weighted by Crippen LogP contribution is 2.26. The number of hydrogen-bond acceptors (Lipinski definition) is 5. The summed E-state index contributed by atoms with van der Waals surface area (Å²) in [6, 6.07) is 4.11. The van der Waals surface area contributed by atoms with Crippen molar-refractivity contribution in [3.8, 4) is 0 Å². The molecule has 1 N–H and O–H groups in total. The van der Waals surface area contributed by atoms with Crippen molar-refractivity contribution < 1.29 is 13.9 Å². The average Bonchev–Trinajstić information content (AvgIpc) is 2.36. The molecular weight excluding hydrogens is 294 g/mol. The number of amides is 1. The molecule has 1 aromatic carbocycles. The number of nitro groups is 1. The Hall–Kier alpha value is -1.96. The van der Waals surface area contributed by atoms with Crippen molar-refractivity contribution in [2.24, 2.45) is 0 Å². The van der Waals surface area contributed by atoms with Gasteiger partial charge < -0.3 is 10.2 Å². The van der Waals surface area contributed by atoms with E-state index in [0.29, 0.717) is 11.4 Å². The van der Waals surface area contributed by atoms with Gasteiger partial charge in [-0.1, -0.05) is 0 Å². The molecule has 0 saturated heterocycles. The topological polar surface area (TPSA) is 92.6 Å². The second-order valence-corrected chi connectivity index (χ2v) is 6.45. The smallest absolute Gasteiger partial charge is 0.293 e. The zero-order chi connectivity index (χ0) is 16.2. The molecule has 0 fully saturated rings. The van der Waals surface area contributed by atoms with E-state index in [9.17, 15) is 19.1 Å². The molecule has 1 amide bonds. The summed E-state index contributed by atoms with van der Waals surface area (Å²) in [5.74, 6) is 0.0857. The van der Waals surface area contributed by atoms with Gasteiger partial charge in [0.25, 0.3) is 11.6 Å². The van der Waals surface area contributed by atoms with Crippen LogP contribution in [0.15, 0.2) is 18.2 Å². The predicted molar refractivity (Wildman–Crippen MR) is 83.1 cm³/mol. The third-order valence-corrected chi connectivity index (χ3v) is 3.70. The maximum absolute atomic E-state index is 11.8. The second kappa shape index (κ2) is 7.16. The molecule has 8 heteroatoms. The fraction of sp³-hybridized carbons (Fsp3) is 0.462. The van der Waals surface area contributed by atoms with E-state index in [2.05, 4.69) is 5.32 Å². The molecule has 7 nitrogen and oxygen atoms in total. The number of nitro benzene ring substituents is 1. The molecule has 0 aliphatic carbocycles. The number of carbonyl (C=O) groups excluding carboxylic acids is 1. The van der Waals surface area contributed by atoms with E-state index in [0.717, 1.165) is 0 Å². The van der Waals surface area contributed by atoms with Gasteiger partial charge >= 0.3 is 0 Å². The number of nitrogens with one attached hydrogen (secondary N) is 1. The summed E-state index contributed by atoms with van der Waals surface area (Å²) in [5, 5.41) is 14.1. The molecule has 0 aliphatic rings. The van der Waals surface area contributed by atoms with Gasteiger partial charge in [-0.2, -0.15) is 0 Å². The maximum Gasteiger partial charge on any atom is 0.293 e. The van der Waals surface area contributed by atoms with Crippen molar-refractivity contribution in [2.75, 3.05) is 31.4 Å². The highest BCUT2D eigenvalue weighted by molar-refractivity contribution is 7.84. The van der Waals surface area contributed by atoms with Gasteiger partial charge in [0.1, 0.15) is 5.69 Å². The monoisotopic (exact) mass is 313 g/mol. The minimum atomic E-state index is -0.998. The molecule has 0 spiro atoms. The molecule has 116 valence electrons. The first-order chi connectivity index (χ1) is 9.72. The molecule has 1 aromatic rings. The summed E-state index contributed by atoms with van der Waals surface area (Å²) in [7, 11) is 2.17. The van der Waals surface area contributed by atoms with Gasteiger partial charge in [0.05, 0.1) is 4.92 Å². The highest BCUT2D eigenvalue weighted by Gasteiger charge is 2.19. The Kier molecular flexibility index (Phi) is 5.83. The molecule has 21 heavy (non-hydrogen) atoms. The summed E-state index contributed by atoms with van der Waals surface area (Å²) >= 11 is 0. The first-order valence-electron chi connectivity index (χ1n) is 6.29. The van der Waals surface area contributed by atoms with Crippen LogP contribution in [0.5, 0.6) is 0 Å². The van der Waals surface area contributed by atoms with Crippen LogP contribution in [0.25, 0.3) is 0 Å². The quantitative estimate of drug-likeness (QED) is 0.634. The first-order valence-corrected chi connectivity index (χ1v) is 8.01. The Morgan fingerprint density at radius 3 is 2.57 bits per heavy atom. The summed E-state index contributed by atoms with van der Waals surface area (Å²) in [4.78, 5) is 23.8. The number of hydrogen-bond donors (Lipinski definition) is 1. The molecule has 0 radical (unpaired) electrons. The lowest BCUT2D eigenvalue weighted by atomic mass is 10.1. The molecule has 1 rings (SSSR count). The summed E-state index contributed by atoms with van der Waals surface area (Å²) in [6.07, 6.45) is 1.57. The van der Waals surface area contributed by atoms with Gasteiger partial charge in [-0.05, 0) is 19.1 Å². The van der Waals surface area contributed by atoms with Crippen molar-refractivity contribution in [3.63, 3.8) is 0 Å². The Morgan fingerprint density at radius 1 is 1.48 bits per heavy atom. The Labute approximate surface area is 125 Å². The molecular formula is C13H19N3O4S. The number of rotatable bonds is 6. The van der Waals surface area contributed by atoms with Crippen LogP contribution in [-0.4, -0.2) is 52.1 Å². The van der Waals surface area contributed by atoms with Crippen LogP contribution >= 0.6 is 0 Å². The van der Waals surface area contributed by atoms with E-state index in [4.69, 9.17) is 0 Å². The number of benzene rings is 1. The van der Waals surface area contributed by atoms with E-state index in [1.165, 1.54) is 23.1 Å². The van der Waals surface area contributed by atoms with E-state index >= 15 is 0 Å². The van der Waals surface area contributed by atoms with E-state index in [-0.39, 0.29) is 23.2 Å². The fourth-order valence-corrected chi connectivity index (χ4v) is 2.64. The third-order valence-electron chi connectivity index (χ3n) is 2.73. The summed E-state index contributed by atoms with van der Waals surface area (Å²) < 4.78 is 11.2. The van der Waals surface area contributed by atoms with Crippen LogP contribution in [0.2, 0.25) is 0 Å². The van der Waals surface area contributed by atoms with Crippen LogP contribution in [0.1, 0.15) is 17.3 Å². The lowest BCUT2D eigenvalue weighted by molar-refractivity contribution is -0.384. The molecule has 2 atom stereocenters. The molecule has 0 aromatic heterocycles. The van der Waals surface area contributed by atoms with Gasteiger partial charge in [0, 0.05) is 54.6 Å². The van der Waals surface area contributed by atoms with Gasteiger partial charge in [0.15, 0.2) is 0 Å². The molecule has 0 saturated carbocycles. The second-order valence-electron chi connectivity index (χ2n) is 4.97. The van der Waals surface area contributed by atoms with Crippen LogP contribution in [0.3, 0.4) is 0 Å². The zero-order valence-electron chi connectivity index (χ0n) is 12.5. The van der Waals surface area contributed by atoms with Crippen molar-refractivity contribution in [3.05, 3.63) is 33.9 Å². The molecule has 0 bridgehead atoms. The molecule has 2 unspecified atom stereocenters. The van der Waals surface area contributed by atoms with Gasteiger partial charge in [-0.25, -0.2) is 0 Å². The van der Waals surface area contributed by atoms with Crippen molar-refractivity contribution in [1.82, 2.24) is 4.90 Å². The zero-order valence-corrected chi connectivity index (χ0v) is 13.3. The average molecular weight is 313 g/mol. The largest absolute Gasteiger partial charge is 0.376 e. The van der Waals surface area contributed by atoms with Gasteiger partial charge in [0.2, 0.25) is 0 Å². The van der Waals surface area contributed by atoms with Crippen molar-refractivity contribution in [1.29, 1.82) is 0 Å². The normalized spacial score (nSPS) is 13.3. The van der Waals surface area contributed by atoms with Gasteiger partial charge in [-0.15, -0.1) is 0 Å². The highest BCUT2D eigenvalue weighted by atomic mass is 32.2.